The lowest BCUT2D eigenvalue weighted by Gasteiger charge is -2.43. The standard InChI is InChI=1S/C22H27ClN6O3/c1-14-11-15(2)26-21(25-14)28-9-7-27(8-10-28)19(31)22(16-3-5-17(23)6-4-16)12-18(30)13-29(22)20(24)32/h3-6,11,18,30H,7-10,12-13H2,1-2H3,(H2,24,32)/t18-,22-/m1/s1. The fourth-order valence-electron chi connectivity index (χ4n) is 4.71. The van der Waals surface area contributed by atoms with E-state index in [1.165, 1.54) is 4.90 Å². The number of urea groups is 1. The molecule has 9 nitrogen and oxygen atoms in total. The van der Waals surface area contributed by atoms with Crippen LogP contribution in [0.15, 0.2) is 30.3 Å². The first kappa shape index (κ1) is 22.3. The van der Waals surface area contributed by atoms with E-state index in [2.05, 4.69) is 9.97 Å². The highest BCUT2D eigenvalue weighted by Crippen LogP contribution is 2.41. The number of β-amino-alcohol motifs (C(OH)–C–C–N with tert-alkyl or cyclic N) is 1. The number of likely N-dealkylation sites (tertiary alicyclic amines) is 1. The fourth-order valence-corrected chi connectivity index (χ4v) is 4.83. The second-order valence-electron chi connectivity index (χ2n) is 8.40. The Morgan fingerprint density at radius 2 is 1.69 bits per heavy atom. The molecule has 3 heterocycles. The third kappa shape index (κ3) is 3.98. The lowest BCUT2D eigenvalue weighted by atomic mass is 9.85. The van der Waals surface area contributed by atoms with Gasteiger partial charge in [-0.2, -0.15) is 0 Å². The van der Waals surface area contributed by atoms with Crippen molar-refractivity contribution in [2.75, 3.05) is 37.6 Å². The molecule has 0 radical (unpaired) electrons. The van der Waals surface area contributed by atoms with Crippen LogP contribution in [0.4, 0.5) is 10.7 Å². The monoisotopic (exact) mass is 458 g/mol. The molecule has 2 saturated heterocycles. The van der Waals surface area contributed by atoms with Crippen molar-refractivity contribution >= 4 is 29.5 Å². The van der Waals surface area contributed by atoms with Gasteiger partial charge in [-0.1, -0.05) is 23.7 Å². The molecule has 3 amide bonds. The molecule has 0 unspecified atom stereocenters. The number of piperazine rings is 1. The number of aryl methyl sites for hydroxylation is 2. The molecular formula is C22H27ClN6O3. The van der Waals surface area contributed by atoms with Gasteiger partial charge in [0.1, 0.15) is 0 Å². The quantitative estimate of drug-likeness (QED) is 0.718. The zero-order chi connectivity index (χ0) is 23.0. The first-order valence-electron chi connectivity index (χ1n) is 10.6. The number of nitrogens with two attached hydrogens (primary N) is 1. The second-order valence-corrected chi connectivity index (χ2v) is 8.84. The van der Waals surface area contributed by atoms with Gasteiger partial charge in [-0.15, -0.1) is 0 Å². The first-order valence-corrected chi connectivity index (χ1v) is 11.0. The number of primary amides is 1. The molecule has 1 aromatic carbocycles. The number of halogens is 1. The van der Waals surface area contributed by atoms with Gasteiger partial charge in [-0.25, -0.2) is 14.8 Å². The van der Waals surface area contributed by atoms with Crippen LogP contribution >= 0.6 is 11.6 Å². The van der Waals surface area contributed by atoms with E-state index in [-0.39, 0.29) is 18.9 Å². The van der Waals surface area contributed by atoms with Crippen molar-refractivity contribution in [3.05, 3.63) is 52.3 Å². The lowest BCUT2D eigenvalue weighted by Crippen LogP contribution is -2.60. The topological polar surface area (TPSA) is 116 Å². The van der Waals surface area contributed by atoms with E-state index in [4.69, 9.17) is 17.3 Å². The molecule has 2 aliphatic rings. The zero-order valence-electron chi connectivity index (χ0n) is 18.2. The van der Waals surface area contributed by atoms with Crippen LogP contribution in [0, 0.1) is 13.8 Å². The number of hydrogen-bond donors (Lipinski definition) is 2. The minimum Gasteiger partial charge on any atom is -0.391 e. The van der Waals surface area contributed by atoms with Gasteiger partial charge in [0.25, 0.3) is 5.91 Å². The molecule has 170 valence electrons. The maximum Gasteiger partial charge on any atom is 0.316 e. The molecule has 3 N–H and O–H groups in total. The summed E-state index contributed by atoms with van der Waals surface area (Å²) in [5, 5.41) is 10.9. The van der Waals surface area contributed by atoms with Crippen molar-refractivity contribution in [1.29, 1.82) is 0 Å². The van der Waals surface area contributed by atoms with Gasteiger partial charge in [-0.05, 0) is 37.6 Å². The highest BCUT2D eigenvalue weighted by atomic mass is 35.5. The number of carbonyl (C=O) groups is 2. The molecule has 2 fully saturated rings. The highest BCUT2D eigenvalue weighted by Gasteiger charge is 2.55. The number of benzene rings is 1. The number of nitrogens with zero attached hydrogens (tertiary/aromatic N) is 5. The van der Waals surface area contributed by atoms with E-state index < -0.39 is 17.7 Å². The van der Waals surface area contributed by atoms with Crippen molar-refractivity contribution in [3.63, 3.8) is 0 Å². The Labute approximate surface area is 191 Å². The van der Waals surface area contributed by atoms with Crippen LogP contribution in [0.1, 0.15) is 23.4 Å². The molecule has 0 aliphatic carbocycles. The van der Waals surface area contributed by atoms with Gasteiger partial charge < -0.3 is 25.5 Å². The minimum atomic E-state index is -1.37. The van der Waals surface area contributed by atoms with Gasteiger partial charge in [0, 0.05) is 55.6 Å². The molecule has 4 rings (SSSR count). The molecule has 32 heavy (non-hydrogen) atoms. The average molecular weight is 459 g/mol. The van der Waals surface area contributed by atoms with E-state index in [0.29, 0.717) is 42.7 Å². The van der Waals surface area contributed by atoms with Gasteiger partial charge in [0.15, 0.2) is 5.54 Å². The highest BCUT2D eigenvalue weighted by molar-refractivity contribution is 6.30. The van der Waals surface area contributed by atoms with Crippen LogP contribution in [0.3, 0.4) is 0 Å². The predicted molar refractivity (Wildman–Crippen MR) is 120 cm³/mol. The SMILES string of the molecule is Cc1cc(C)nc(N2CCN(C(=O)[C@]3(c4ccc(Cl)cc4)C[C@@H](O)CN3C(N)=O)CC2)n1. The summed E-state index contributed by atoms with van der Waals surface area (Å²) < 4.78 is 0. The first-order chi connectivity index (χ1) is 15.2. The second kappa shape index (κ2) is 8.55. The third-order valence-electron chi connectivity index (χ3n) is 6.15. The van der Waals surface area contributed by atoms with Crippen molar-refractivity contribution in [3.8, 4) is 0 Å². The number of amides is 3. The Morgan fingerprint density at radius 1 is 1.09 bits per heavy atom. The molecular weight excluding hydrogens is 432 g/mol. The van der Waals surface area contributed by atoms with Gasteiger partial charge >= 0.3 is 6.03 Å². The summed E-state index contributed by atoms with van der Waals surface area (Å²) in [5.74, 6) is 0.397. The molecule has 0 spiro atoms. The summed E-state index contributed by atoms with van der Waals surface area (Å²) >= 11 is 6.05. The largest absolute Gasteiger partial charge is 0.391 e. The Kier molecular flexibility index (Phi) is 5.96. The van der Waals surface area contributed by atoms with Crippen LogP contribution in [0.2, 0.25) is 5.02 Å². The molecule has 1 aromatic heterocycles. The fraction of sp³-hybridized carbons (Fsp3) is 0.455. The normalized spacial score (nSPS) is 23.5. The maximum absolute atomic E-state index is 13.9. The average Bonchev–Trinajstić information content (AvgIpc) is 3.12. The van der Waals surface area contributed by atoms with Crippen LogP contribution in [0.25, 0.3) is 0 Å². The smallest absolute Gasteiger partial charge is 0.316 e. The van der Waals surface area contributed by atoms with E-state index in [1.807, 2.05) is 24.8 Å². The lowest BCUT2D eigenvalue weighted by molar-refractivity contribution is -0.142. The number of rotatable bonds is 3. The van der Waals surface area contributed by atoms with Crippen molar-refractivity contribution in [1.82, 2.24) is 19.8 Å². The number of carbonyl (C=O) groups excluding carboxylic acids is 2. The van der Waals surface area contributed by atoms with Gasteiger partial charge in [-0.3, -0.25) is 4.79 Å². The van der Waals surface area contributed by atoms with Crippen molar-refractivity contribution in [2.24, 2.45) is 5.73 Å². The minimum absolute atomic E-state index is 0.0000732. The molecule has 0 bridgehead atoms. The van der Waals surface area contributed by atoms with Crippen LogP contribution in [-0.4, -0.2) is 75.6 Å². The Balaban J connectivity index is 1.61. The van der Waals surface area contributed by atoms with Crippen LogP contribution in [-0.2, 0) is 10.3 Å². The molecule has 10 heteroatoms. The predicted octanol–water partition coefficient (Wildman–Crippen LogP) is 1.44. The summed E-state index contributed by atoms with van der Waals surface area (Å²) in [4.78, 5) is 40.3. The summed E-state index contributed by atoms with van der Waals surface area (Å²) in [5.41, 5.74) is 6.66. The van der Waals surface area contributed by atoms with Crippen molar-refractivity contribution < 1.29 is 14.7 Å². The van der Waals surface area contributed by atoms with E-state index in [1.54, 1.807) is 29.2 Å². The summed E-state index contributed by atoms with van der Waals surface area (Å²) in [6, 6.07) is 7.95. The number of hydrogen-bond acceptors (Lipinski definition) is 6. The van der Waals surface area contributed by atoms with Crippen LogP contribution in [0.5, 0.6) is 0 Å². The molecule has 0 saturated carbocycles. The molecule has 2 atom stereocenters. The Hall–Kier alpha value is -2.91. The third-order valence-corrected chi connectivity index (χ3v) is 6.40. The number of aliphatic hydroxyl groups is 1. The van der Waals surface area contributed by atoms with Crippen molar-refractivity contribution in [2.45, 2.75) is 31.9 Å². The van der Waals surface area contributed by atoms with Gasteiger partial charge in [0.05, 0.1) is 6.10 Å². The number of aromatic nitrogens is 2. The number of aliphatic hydroxyl groups excluding tert-OH is 1. The van der Waals surface area contributed by atoms with E-state index in [9.17, 15) is 14.7 Å². The summed E-state index contributed by atoms with van der Waals surface area (Å²) in [6.45, 7) is 5.85. The molecule has 2 aliphatic heterocycles. The van der Waals surface area contributed by atoms with Gasteiger partial charge in [0.2, 0.25) is 5.95 Å². The van der Waals surface area contributed by atoms with E-state index >= 15 is 0 Å². The maximum atomic E-state index is 13.9. The Morgan fingerprint density at radius 3 is 2.25 bits per heavy atom. The summed E-state index contributed by atoms with van der Waals surface area (Å²) in [6.07, 6.45) is -0.774. The summed E-state index contributed by atoms with van der Waals surface area (Å²) in [7, 11) is 0. The van der Waals surface area contributed by atoms with Crippen LogP contribution < -0.4 is 10.6 Å². The van der Waals surface area contributed by atoms with E-state index in [0.717, 1.165) is 11.4 Å². The number of anilines is 1. The zero-order valence-corrected chi connectivity index (χ0v) is 18.9. The molecule has 2 aromatic rings. The Bertz CT molecular complexity index is 1000.